The van der Waals surface area contributed by atoms with Crippen LogP contribution >= 0.6 is 0 Å². The Labute approximate surface area is 137 Å². The van der Waals surface area contributed by atoms with E-state index in [1.54, 1.807) is 53.5 Å². The summed E-state index contributed by atoms with van der Waals surface area (Å²) < 4.78 is 0. The smallest absolute Gasteiger partial charge is 0.329 e. The number of urea groups is 1. The second kappa shape index (κ2) is 5.09. The summed E-state index contributed by atoms with van der Waals surface area (Å²) in [5, 5.41) is 0.895. The Balaban J connectivity index is 1.87. The molecule has 2 aromatic heterocycles. The lowest BCUT2D eigenvalue weighted by atomic mass is 10.1. The van der Waals surface area contributed by atoms with Gasteiger partial charge in [0.1, 0.15) is 5.65 Å². The maximum absolute atomic E-state index is 12.9. The summed E-state index contributed by atoms with van der Waals surface area (Å²) in [5.41, 5.74) is 8.74. The molecule has 0 saturated heterocycles. The molecule has 1 aromatic carbocycles. The number of carbonyl (C=O) groups is 2. The second-order valence-electron chi connectivity index (χ2n) is 5.68. The monoisotopic (exact) mass is 321 g/mol. The van der Waals surface area contributed by atoms with E-state index in [0.29, 0.717) is 17.8 Å². The van der Waals surface area contributed by atoms with Crippen molar-refractivity contribution in [3.05, 3.63) is 53.9 Å². The Morgan fingerprint density at radius 3 is 2.88 bits per heavy atom. The van der Waals surface area contributed by atoms with Crippen LogP contribution in [-0.4, -0.2) is 29.0 Å². The molecule has 24 heavy (non-hydrogen) atoms. The van der Waals surface area contributed by atoms with E-state index in [1.165, 1.54) is 0 Å². The Morgan fingerprint density at radius 2 is 2.08 bits per heavy atom. The predicted molar refractivity (Wildman–Crippen MR) is 91.0 cm³/mol. The van der Waals surface area contributed by atoms with E-state index in [2.05, 4.69) is 9.97 Å². The summed E-state index contributed by atoms with van der Waals surface area (Å²) in [6.07, 6.45) is 3.54. The maximum atomic E-state index is 12.9. The van der Waals surface area contributed by atoms with Crippen LogP contribution < -0.4 is 15.5 Å². The van der Waals surface area contributed by atoms with Crippen molar-refractivity contribution in [2.24, 2.45) is 5.73 Å². The number of rotatable bonds is 2. The molecule has 1 aliphatic heterocycles. The number of aromatic amines is 1. The first-order valence-corrected chi connectivity index (χ1v) is 7.47. The summed E-state index contributed by atoms with van der Waals surface area (Å²) in [5.74, 6) is -0.564. The van der Waals surface area contributed by atoms with E-state index >= 15 is 0 Å². The van der Waals surface area contributed by atoms with E-state index in [9.17, 15) is 9.59 Å². The molecule has 4 rings (SSSR count). The molecule has 3 N–H and O–H groups in total. The lowest BCUT2D eigenvalue weighted by Gasteiger charge is -2.35. The highest BCUT2D eigenvalue weighted by Gasteiger charge is 2.32. The van der Waals surface area contributed by atoms with Crippen molar-refractivity contribution in [1.29, 1.82) is 0 Å². The summed E-state index contributed by atoms with van der Waals surface area (Å²) >= 11 is 0. The van der Waals surface area contributed by atoms with Gasteiger partial charge in [0.25, 0.3) is 5.91 Å². The van der Waals surface area contributed by atoms with E-state index in [4.69, 9.17) is 5.73 Å². The number of nitrogens with two attached hydrogens (primary N) is 1. The standard InChI is InChI=1S/C17H15N5O2/c1-21-14-10(8-20-16-12(14)6-7-19-16)9-22(17(21)24)13-5-3-2-4-11(13)15(18)23/h2-8H,9H2,1H3,(H2,18,23)(H,19,20). The van der Waals surface area contributed by atoms with Gasteiger partial charge in [0, 0.05) is 30.4 Å². The number of amides is 3. The van der Waals surface area contributed by atoms with Gasteiger partial charge in [-0.05, 0) is 18.2 Å². The van der Waals surface area contributed by atoms with Gasteiger partial charge in [-0.3, -0.25) is 14.6 Å². The van der Waals surface area contributed by atoms with Gasteiger partial charge in [-0.25, -0.2) is 9.78 Å². The number of primary amides is 1. The van der Waals surface area contributed by atoms with Gasteiger partial charge in [-0.15, -0.1) is 0 Å². The number of nitrogens with zero attached hydrogens (tertiary/aromatic N) is 3. The number of para-hydroxylation sites is 1. The van der Waals surface area contributed by atoms with Crippen LogP contribution in [0.15, 0.2) is 42.7 Å². The van der Waals surface area contributed by atoms with Gasteiger partial charge in [-0.1, -0.05) is 12.1 Å². The third-order valence-electron chi connectivity index (χ3n) is 4.28. The summed E-state index contributed by atoms with van der Waals surface area (Å²) in [7, 11) is 1.71. The van der Waals surface area contributed by atoms with Crippen LogP contribution in [0, 0.1) is 0 Å². The van der Waals surface area contributed by atoms with Crippen molar-refractivity contribution in [1.82, 2.24) is 9.97 Å². The molecule has 1 aliphatic rings. The zero-order valence-electron chi connectivity index (χ0n) is 13.0. The van der Waals surface area contributed by atoms with Crippen molar-refractivity contribution in [2.45, 2.75) is 6.54 Å². The van der Waals surface area contributed by atoms with E-state index in [1.807, 2.05) is 6.07 Å². The van der Waals surface area contributed by atoms with E-state index in [0.717, 1.165) is 22.3 Å². The molecule has 3 heterocycles. The first-order chi connectivity index (χ1) is 11.6. The molecule has 7 nitrogen and oxygen atoms in total. The number of aromatic nitrogens is 2. The maximum Gasteiger partial charge on any atom is 0.329 e. The molecule has 0 unspecified atom stereocenters. The van der Waals surface area contributed by atoms with Crippen molar-refractivity contribution in [3.63, 3.8) is 0 Å². The molecule has 0 radical (unpaired) electrons. The largest absolute Gasteiger partial charge is 0.366 e. The van der Waals surface area contributed by atoms with Gasteiger partial charge in [-0.2, -0.15) is 0 Å². The summed E-state index contributed by atoms with van der Waals surface area (Å²) in [4.78, 5) is 35.1. The molecular formula is C17H15N5O2. The summed E-state index contributed by atoms with van der Waals surface area (Å²) in [6.45, 7) is 0.330. The third kappa shape index (κ3) is 1.95. The summed E-state index contributed by atoms with van der Waals surface area (Å²) in [6, 6.07) is 8.52. The fourth-order valence-electron chi connectivity index (χ4n) is 3.17. The molecular weight excluding hydrogens is 306 g/mol. The third-order valence-corrected chi connectivity index (χ3v) is 4.28. The van der Waals surface area contributed by atoms with Gasteiger partial charge in [0.15, 0.2) is 0 Å². The number of hydrogen-bond donors (Lipinski definition) is 2. The zero-order valence-corrected chi connectivity index (χ0v) is 13.0. The van der Waals surface area contributed by atoms with Crippen LogP contribution in [0.5, 0.6) is 0 Å². The molecule has 0 fully saturated rings. The number of pyridine rings is 1. The predicted octanol–water partition coefficient (Wildman–Crippen LogP) is 2.24. The van der Waals surface area contributed by atoms with E-state index in [-0.39, 0.29) is 6.03 Å². The SMILES string of the molecule is CN1C(=O)N(c2ccccc2C(N)=O)Cc2cnc3[nH]ccc3c21. The Hall–Kier alpha value is -3.35. The minimum atomic E-state index is -0.564. The van der Waals surface area contributed by atoms with Gasteiger partial charge < -0.3 is 10.7 Å². The lowest BCUT2D eigenvalue weighted by molar-refractivity contribution is 0.100. The molecule has 0 bridgehead atoms. The van der Waals surface area contributed by atoms with Gasteiger partial charge >= 0.3 is 6.03 Å². The average Bonchev–Trinajstić information content (AvgIpc) is 3.06. The highest BCUT2D eigenvalue weighted by molar-refractivity contribution is 6.13. The number of carbonyl (C=O) groups excluding carboxylic acids is 2. The normalized spacial score (nSPS) is 14.1. The number of hydrogen-bond acceptors (Lipinski definition) is 3. The minimum Gasteiger partial charge on any atom is -0.366 e. The molecule has 120 valence electrons. The van der Waals surface area contributed by atoms with Crippen LogP contribution in [0.25, 0.3) is 11.0 Å². The Kier molecular flexibility index (Phi) is 3.02. The first kappa shape index (κ1) is 14.3. The molecule has 0 atom stereocenters. The van der Waals surface area contributed by atoms with Gasteiger partial charge in [0.05, 0.1) is 23.5 Å². The number of nitrogens with one attached hydrogen (secondary N) is 1. The Morgan fingerprint density at radius 1 is 1.29 bits per heavy atom. The van der Waals surface area contributed by atoms with Crippen molar-refractivity contribution in [3.8, 4) is 0 Å². The number of H-pyrrole nitrogens is 1. The number of fused-ring (bicyclic) bond motifs is 3. The highest BCUT2D eigenvalue weighted by Crippen LogP contribution is 2.36. The minimum absolute atomic E-state index is 0.218. The molecule has 3 aromatic rings. The first-order valence-electron chi connectivity index (χ1n) is 7.47. The van der Waals surface area contributed by atoms with Crippen molar-refractivity contribution < 1.29 is 9.59 Å². The average molecular weight is 321 g/mol. The number of anilines is 2. The van der Waals surface area contributed by atoms with Crippen LogP contribution in [0.1, 0.15) is 15.9 Å². The Bertz CT molecular complexity index is 978. The molecule has 0 spiro atoms. The lowest BCUT2D eigenvalue weighted by Crippen LogP contribution is -2.46. The van der Waals surface area contributed by atoms with Crippen LogP contribution in [-0.2, 0) is 6.54 Å². The zero-order chi connectivity index (χ0) is 16.8. The molecule has 3 amide bonds. The fourth-order valence-corrected chi connectivity index (χ4v) is 3.17. The van der Waals surface area contributed by atoms with Crippen LogP contribution in [0.2, 0.25) is 0 Å². The van der Waals surface area contributed by atoms with Crippen molar-refractivity contribution >= 4 is 34.3 Å². The fraction of sp³-hybridized carbons (Fsp3) is 0.118. The van der Waals surface area contributed by atoms with Crippen LogP contribution in [0.3, 0.4) is 0 Å². The van der Waals surface area contributed by atoms with Crippen molar-refractivity contribution in [2.75, 3.05) is 16.8 Å². The molecule has 0 aliphatic carbocycles. The van der Waals surface area contributed by atoms with Gasteiger partial charge in [0.2, 0.25) is 0 Å². The topological polar surface area (TPSA) is 95.3 Å². The second-order valence-corrected chi connectivity index (χ2v) is 5.68. The van der Waals surface area contributed by atoms with Crippen LogP contribution in [0.4, 0.5) is 16.2 Å². The highest BCUT2D eigenvalue weighted by atomic mass is 16.2. The molecule has 7 heteroatoms. The molecule has 0 saturated carbocycles. The van der Waals surface area contributed by atoms with E-state index < -0.39 is 5.91 Å². The quantitative estimate of drug-likeness (QED) is 0.757. The number of benzene rings is 1.